The molecule has 0 saturated heterocycles. The number of ketones is 1. The van der Waals surface area contributed by atoms with Crippen LogP contribution in [-0.4, -0.2) is 19.5 Å². The van der Waals surface area contributed by atoms with Crippen LogP contribution < -0.4 is 20.1 Å². The Morgan fingerprint density at radius 1 is 0.879 bits per heavy atom. The average Bonchev–Trinajstić information content (AvgIpc) is 3.01. The number of hydrogen-bond donors (Lipinski definition) is 2. The molecular formula is C28H28N2O3. The Morgan fingerprint density at radius 2 is 1.61 bits per heavy atom. The first-order valence-electron chi connectivity index (χ1n) is 11.4. The summed E-state index contributed by atoms with van der Waals surface area (Å²) in [5, 5.41) is 7.22. The Bertz CT molecular complexity index is 1220. The highest BCUT2D eigenvalue weighted by Crippen LogP contribution is 2.44. The first kappa shape index (κ1) is 21.1. The van der Waals surface area contributed by atoms with Crippen LogP contribution in [0.3, 0.4) is 0 Å². The number of carbonyl (C=O) groups excluding carboxylic acids is 1. The SMILES string of the molecule is CCOc1cccc(C2Nc3ccccc3NC3=C2C(=O)CC(c2cccc(OC)c2)C3)c1. The van der Waals surface area contributed by atoms with Crippen molar-refractivity contribution in [2.24, 2.45) is 0 Å². The van der Waals surface area contributed by atoms with Crippen molar-refractivity contribution in [3.63, 3.8) is 0 Å². The summed E-state index contributed by atoms with van der Waals surface area (Å²) in [5.74, 6) is 1.87. The highest BCUT2D eigenvalue weighted by atomic mass is 16.5. The Morgan fingerprint density at radius 3 is 2.39 bits per heavy atom. The zero-order valence-electron chi connectivity index (χ0n) is 18.9. The van der Waals surface area contributed by atoms with Crippen LogP contribution in [0.4, 0.5) is 11.4 Å². The maximum absolute atomic E-state index is 13.7. The second-order valence-electron chi connectivity index (χ2n) is 8.45. The van der Waals surface area contributed by atoms with Crippen molar-refractivity contribution in [3.05, 3.63) is 95.2 Å². The lowest BCUT2D eigenvalue weighted by Gasteiger charge is -2.30. The fraction of sp³-hybridized carbons (Fsp3) is 0.250. The Kier molecular flexibility index (Phi) is 5.78. The van der Waals surface area contributed by atoms with Gasteiger partial charge in [-0.25, -0.2) is 0 Å². The Hall–Kier alpha value is -3.73. The molecule has 2 atom stereocenters. The Balaban J connectivity index is 1.58. The van der Waals surface area contributed by atoms with Gasteiger partial charge in [-0.1, -0.05) is 36.4 Å². The minimum absolute atomic E-state index is 0.0968. The van der Waals surface area contributed by atoms with Crippen LogP contribution in [0.25, 0.3) is 0 Å². The summed E-state index contributed by atoms with van der Waals surface area (Å²) in [6, 6.07) is 23.9. The van der Waals surface area contributed by atoms with Crippen molar-refractivity contribution in [2.45, 2.75) is 31.7 Å². The quantitative estimate of drug-likeness (QED) is 0.504. The minimum Gasteiger partial charge on any atom is -0.497 e. The second kappa shape index (κ2) is 9.02. The van der Waals surface area contributed by atoms with E-state index in [0.717, 1.165) is 51.7 Å². The zero-order chi connectivity index (χ0) is 22.8. The van der Waals surface area contributed by atoms with Crippen molar-refractivity contribution < 1.29 is 14.3 Å². The van der Waals surface area contributed by atoms with E-state index >= 15 is 0 Å². The third kappa shape index (κ3) is 4.19. The molecule has 1 aliphatic carbocycles. The molecule has 0 amide bonds. The third-order valence-corrected chi connectivity index (χ3v) is 6.38. The highest BCUT2D eigenvalue weighted by molar-refractivity contribution is 6.01. The molecule has 0 aromatic heterocycles. The molecule has 33 heavy (non-hydrogen) atoms. The van der Waals surface area contributed by atoms with Gasteiger partial charge in [-0.15, -0.1) is 0 Å². The van der Waals surface area contributed by atoms with Gasteiger partial charge >= 0.3 is 0 Å². The average molecular weight is 441 g/mol. The number of carbonyl (C=O) groups is 1. The molecule has 0 spiro atoms. The van der Waals surface area contributed by atoms with Crippen molar-refractivity contribution in [3.8, 4) is 11.5 Å². The molecule has 2 unspecified atom stereocenters. The van der Waals surface area contributed by atoms with E-state index in [9.17, 15) is 4.79 Å². The minimum atomic E-state index is -0.254. The lowest BCUT2D eigenvalue weighted by atomic mass is 9.78. The zero-order valence-corrected chi connectivity index (χ0v) is 18.9. The lowest BCUT2D eigenvalue weighted by Crippen LogP contribution is -2.26. The number of rotatable bonds is 5. The maximum Gasteiger partial charge on any atom is 0.163 e. The summed E-state index contributed by atoms with van der Waals surface area (Å²) in [7, 11) is 1.67. The maximum atomic E-state index is 13.7. The molecule has 5 rings (SSSR count). The highest BCUT2D eigenvalue weighted by Gasteiger charge is 2.36. The van der Waals surface area contributed by atoms with Crippen molar-refractivity contribution in [1.82, 2.24) is 0 Å². The van der Waals surface area contributed by atoms with Gasteiger partial charge in [-0.05, 0) is 66.8 Å². The predicted octanol–water partition coefficient (Wildman–Crippen LogP) is 6.07. The molecule has 5 nitrogen and oxygen atoms in total. The van der Waals surface area contributed by atoms with Crippen LogP contribution in [0.1, 0.15) is 42.9 Å². The molecule has 5 heteroatoms. The van der Waals surface area contributed by atoms with Crippen LogP contribution in [0.2, 0.25) is 0 Å². The number of hydrogen-bond acceptors (Lipinski definition) is 5. The number of anilines is 2. The summed E-state index contributed by atoms with van der Waals surface area (Å²) >= 11 is 0. The van der Waals surface area contributed by atoms with E-state index in [1.807, 2.05) is 67.6 Å². The van der Waals surface area contributed by atoms with E-state index in [2.05, 4.69) is 22.8 Å². The van der Waals surface area contributed by atoms with Gasteiger partial charge in [0.2, 0.25) is 0 Å². The van der Waals surface area contributed by atoms with Gasteiger partial charge in [0.05, 0.1) is 31.1 Å². The number of ether oxygens (including phenoxy) is 2. The van der Waals surface area contributed by atoms with Gasteiger partial charge in [-0.2, -0.15) is 0 Å². The molecule has 1 aliphatic heterocycles. The molecule has 168 valence electrons. The fourth-order valence-electron chi connectivity index (χ4n) is 4.82. The number of fused-ring (bicyclic) bond motifs is 1. The van der Waals surface area contributed by atoms with Gasteiger partial charge in [0.1, 0.15) is 11.5 Å². The number of methoxy groups -OCH3 is 1. The lowest BCUT2D eigenvalue weighted by molar-refractivity contribution is -0.116. The summed E-state index contributed by atoms with van der Waals surface area (Å²) < 4.78 is 11.2. The van der Waals surface area contributed by atoms with Gasteiger partial charge in [0, 0.05) is 17.7 Å². The first-order chi connectivity index (χ1) is 16.2. The number of nitrogens with one attached hydrogen (secondary N) is 2. The molecule has 1 heterocycles. The molecule has 3 aromatic rings. The number of benzene rings is 3. The van der Waals surface area contributed by atoms with Crippen LogP contribution in [0.5, 0.6) is 11.5 Å². The smallest absolute Gasteiger partial charge is 0.163 e. The molecular weight excluding hydrogens is 412 g/mol. The number of allylic oxidation sites excluding steroid dienone is 1. The van der Waals surface area contributed by atoms with E-state index in [1.54, 1.807) is 7.11 Å². The summed E-state index contributed by atoms with van der Waals surface area (Å²) in [6.07, 6.45) is 1.22. The van der Waals surface area contributed by atoms with E-state index < -0.39 is 0 Å². The molecule has 2 N–H and O–H groups in total. The number of Topliss-reactive ketones (excluding diaryl/α,β-unsaturated/α-hetero) is 1. The predicted molar refractivity (Wildman–Crippen MR) is 131 cm³/mol. The molecule has 2 aliphatic rings. The van der Waals surface area contributed by atoms with E-state index in [0.29, 0.717) is 13.0 Å². The fourth-order valence-corrected chi connectivity index (χ4v) is 4.82. The van der Waals surface area contributed by atoms with Gasteiger partial charge in [0.15, 0.2) is 5.78 Å². The second-order valence-corrected chi connectivity index (χ2v) is 8.45. The standard InChI is InChI=1S/C28H28N2O3/c1-3-33-22-11-7-9-19(15-22)28-27-25(29-23-12-4-5-13-24(23)30-28)16-20(17-26(27)31)18-8-6-10-21(14-18)32-2/h4-15,20,28-30H,3,16-17H2,1-2H3. The van der Waals surface area contributed by atoms with E-state index in [1.165, 1.54) is 0 Å². The van der Waals surface area contributed by atoms with E-state index in [-0.39, 0.29) is 17.7 Å². The molecule has 3 aromatic carbocycles. The van der Waals surface area contributed by atoms with Crippen LogP contribution >= 0.6 is 0 Å². The molecule has 0 bridgehead atoms. The van der Waals surface area contributed by atoms with Gasteiger partial charge in [0.25, 0.3) is 0 Å². The van der Waals surface area contributed by atoms with Crippen molar-refractivity contribution >= 4 is 17.2 Å². The van der Waals surface area contributed by atoms with Crippen LogP contribution in [0.15, 0.2) is 84.1 Å². The first-order valence-corrected chi connectivity index (χ1v) is 11.4. The molecule has 0 fully saturated rings. The van der Waals surface area contributed by atoms with Crippen molar-refractivity contribution in [2.75, 3.05) is 24.4 Å². The van der Waals surface area contributed by atoms with E-state index in [4.69, 9.17) is 9.47 Å². The summed E-state index contributed by atoms with van der Waals surface area (Å²) in [5.41, 5.74) is 5.87. The Labute approximate surface area is 194 Å². The monoisotopic (exact) mass is 440 g/mol. The van der Waals surface area contributed by atoms with Gasteiger partial charge < -0.3 is 20.1 Å². The third-order valence-electron chi connectivity index (χ3n) is 6.38. The molecule has 0 radical (unpaired) electrons. The topological polar surface area (TPSA) is 59.6 Å². The largest absolute Gasteiger partial charge is 0.497 e. The van der Waals surface area contributed by atoms with Gasteiger partial charge in [-0.3, -0.25) is 4.79 Å². The summed E-state index contributed by atoms with van der Waals surface area (Å²) in [6.45, 7) is 2.57. The summed E-state index contributed by atoms with van der Waals surface area (Å²) in [4.78, 5) is 13.7. The number of para-hydroxylation sites is 2. The van der Waals surface area contributed by atoms with Crippen LogP contribution in [0, 0.1) is 0 Å². The molecule has 0 saturated carbocycles. The van der Waals surface area contributed by atoms with Crippen LogP contribution in [-0.2, 0) is 4.79 Å². The van der Waals surface area contributed by atoms with Crippen molar-refractivity contribution in [1.29, 1.82) is 0 Å². The normalized spacial score (nSPS) is 19.5.